The molecule has 4 rings (SSSR count). The van der Waals surface area contributed by atoms with E-state index in [1.165, 1.54) is 11.1 Å². The summed E-state index contributed by atoms with van der Waals surface area (Å²) in [5, 5.41) is 5.39. The predicted octanol–water partition coefficient (Wildman–Crippen LogP) is 4.89. The maximum absolute atomic E-state index is 12.6. The molecule has 1 aliphatic carbocycles. The van der Waals surface area contributed by atoms with Crippen molar-refractivity contribution in [3.63, 3.8) is 0 Å². The van der Waals surface area contributed by atoms with Crippen LogP contribution in [0.25, 0.3) is 0 Å². The molecule has 0 unspecified atom stereocenters. The Bertz CT molecular complexity index is 778. The molecule has 2 heterocycles. The number of hydrogen-bond donors (Lipinski definition) is 0. The third-order valence-electron chi connectivity index (χ3n) is 5.25. The van der Waals surface area contributed by atoms with Gasteiger partial charge in [0.05, 0.1) is 5.56 Å². The molecule has 0 spiro atoms. The Balaban J connectivity index is 1.49. The van der Waals surface area contributed by atoms with Gasteiger partial charge in [-0.15, -0.1) is 0 Å². The lowest BCUT2D eigenvalue weighted by Gasteiger charge is -2.28. The Morgan fingerprint density at radius 3 is 2.84 bits per heavy atom. The molecule has 6 heteroatoms. The predicted molar refractivity (Wildman–Crippen MR) is 104 cm³/mol. The van der Waals surface area contributed by atoms with E-state index < -0.39 is 0 Å². The van der Waals surface area contributed by atoms with Gasteiger partial charge < -0.3 is 4.90 Å². The van der Waals surface area contributed by atoms with E-state index in [1.54, 1.807) is 11.3 Å². The summed E-state index contributed by atoms with van der Waals surface area (Å²) in [6.45, 7) is 3.49. The van der Waals surface area contributed by atoms with Gasteiger partial charge in [0.15, 0.2) is 0 Å². The van der Waals surface area contributed by atoms with Crippen LogP contribution in [0.15, 0.2) is 29.0 Å². The maximum Gasteiger partial charge on any atom is 0.254 e. The second-order valence-electron chi connectivity index (χ2n) is 6.70. The molecule has 1 aromatic carbocycles. The molecule has 25 heavy (non-hydrogen) atoms. The molecule has 132 valence electrons. The van der Waals surface area contributed by atoms with Gasteiger partial charge in [0.2, 0.25) is 0 Å². The number of rotatable bonds is 2. The van der Waals surface area contributed by atoms with Crippen LogP contribution in [0.1, 0.15) is 40.4 Å². The van der Waals surface area contributed by atoms with E-state index in [9.17, 15) is 4.79 Å². The summed E-state index contributed by atoms with van der Waals surface area (Å²) in [7, 11) is 0. The van der Waals surface area contributed by atoms with Gasteiger partial charge in [0.1, 0.15) is 0 Å². The fourth-order valence-corrected chi connectivity index (χ4v) is 5.25. The minimum atomic E-state index is 0.154. The van der Waals surface area contributed by atoms with Crippen molar-refractivity contribution in [3.05, 3.63) is 55.7 Å². The van der Waals surface area contributed by atoms with Crippen LogP contribution in [0.3, 0.4) is 0 Å². The van der Waals surface area contributed by atoms with Crippen molar-refractivity contribution in [2.45, 2.75) is 25.3 Å². The lowest BCUT2D eigenvalue weighted by atomic mass is 10.1. The van der Waals surface area contributed by atoms with Crippen LogP contribution in [-0.4, -0.2) is 41.9 Å². The highest BCUT2D eigenvalue weighted by atomic mass is 35.5. The number of benzene rings is 1. The molecule has 2 aliphatic rings. The van der Waals surface area contributed by atoms with Crippen LogP contribution >= 0.6 is 34.5 Å². The van der Waals surface area contributed by atoms with E-state index in [-0.39, 0.29) is 5.91 Å². The standard InChI is InChI=1S/C19H20Cl2N2OS/c20-14-10-16-15(17(21)11-14)2-3-18(16)22-5-1-6-23(8-7-22)19(24)13-4-9-25-12-13/h4,9-12,18H,1-3,5-8H2/t18-/m1/s1. The first-order chi connectivity index (χ1) is 12.1. The van der Waals surface area contributed by atoms with Crippen molar-refractivity contribution >= 4 is 40.4 Å². The second kappa shape index (κ2) is 7.28. The Morgan fingerprint density at radius 2 is 2.04 bits per heavy atom. The van der Waals surface area contributed by atoms with Crippen molar-refractivity contribution in [2.24, 2.45) is 0 Å². The van der Waals surface area contributed by atoms with Crippen LogP contribution in [0.5, 0.6) is 0 Å². The summed E-state index contributed by atoms with van der Waals surface area (Å²) in [5.74, 6) is 0.154. The van der Waals surface area contributed by atoms with Gasteiger partial charge in [-0.25, -0.2) is 0 Å². The van der Waals surface area contributed by atoms with Crippen LogP contribution < -0.4 is 0 Å². The van der Waals surface area contributed by atoms with Crippen LogP contribution in [0.4, 0.5) is 0 Å². The Morgan fingerprint density at radius 1 is 1.16 bits per heavy atom. The number of amides is 1. The monoisotopic (exact) mass is 394 g/mol. The van der Waals surface area contributed by atoms with Gasteiger partial charge in [-0.3, -0.25) is 9.69 Å². The Hall–Kier alpha value is -1.07. The number of carbonyl (C=O) groups excluding carboxylic acids is 1. The average Bonchev–Trinajstić information content (AvgIpc) is 3.20. The van der Waals surface area contributed by atoms with Crippen LogP contribution in [-0.2, 0) is 6.42 Å². The van der Waals surface area contributed by atoms with Crippen LogP contribution in [0.2, 0.25) is 10.0 Å². The topological polar surface area (TPSA) is 23.6 Å². The minimum absolute atomic E-state index is 0.154. The van der Waals surface area contributed by atoms with E-state index >= 15 is 0 Å². The van der Waals surface area contributed by atoms with Crippen molar-refractivity contribution < 1.29 is 4.79 Å². The van der Waals surface area contributed by atoms with Crippen molar-refractivity contribution in [2.75, 3.05) is 26.2 Å². The lowest BCUT2D eigenvalue weighted by molar-refractivity contribution is 0.0758. The molecule has 1 atom stereocenters. The Kier molecular flexibility index (Phi) is 5.05. The minimum Gasteiger partial charge on any atom is -0.337 e. The summed E-state index contributed by atoms with van der Waals surface area (Å²) in [6.07, 6.45) is 3.08. The third kappa shape index (κ3) is 3.45. The van der Waals surface area contributed by atoms with Gasteiger partial charge in [-0.05, 0) is 54.0 Å². The molecule has 2 aromatic rings. The first-order valence-corrected chi connectivity index (χ1v) is 10.4. The summed E-state index contributed by atoms with van der Waals surface area (Å²) >= 11 is 14.2. The van der Waals surface area contributed by atoms with E-state index in [1.807, 2.05) is 27.8 Å². The zero-order chi connectivity index (χ0) is 17.4. The maximum atomic E-state index is 12.6. The molecule has 1 fully saturated rings. The first-order valence-electron chi connectivity index (χ1n) is 8.67. The summed E-state index contributed by atoms with van der Waals surface area (Å²) < 4.78 is 0. The molecule has 3 nitrogen and oxygen atoms in total. The highest BCUT2D eigenvalue weighted by Crippen LogP contribution is 2.41. The summed E-state index contributed by atoms with van der Waals surface area (Å²) in [5.41, 5.74) is 3.32. The highest BCUT2D eigenvalue weighted by molar-refractivity contribution is 7.08. The fourth-order valence-electron chi connectivity index (χ4n) is 4.02. The number of carbonyl (C=O) groups is 1. The van der Waals surface area contributed by atoms with E-state index in [2.05, 4.69) is 11.0 Å². The molecule has 0 bridgehead atoms. The van der Waals surface area contributed by atoms with E-state index in [0.717, 1.165) is 56.0 Å². The zero-order valence-electron chi connectivity index (χ0n) is 13.9. The molecule has 1 aromatic heterocycles. The number of hydrogen-bond acceptors (Lipinski definition) is 3. The number of thiophene rings is 1. The molecule has 1 aliphatic heterocycles. The normalized spacial score (nSPS) is 21.2. The number of fused-ring (bicyclic) bond motifs is 1. The first kappa shape index (κ1) is 17.3. The van der Waals surface area contributed by atoms with Gasteiger partial charge >= 0.3 is 0 Å². The van der Waals surface area contributed by atoms with Gasteiger partial charge in [0.25, 0.3) is 5.91 Å². The molecular formula is C19H20Cl2N2OS. The fraction of sp³-hybridized carbons (Fsp3) is 0.421. The molecule has 0 saturated carbocycles. The molecule has 1 saturated heterocycles. The molecule has 0 radical (unpaired) electrons. The van der Waals surface area contributed by atoms with Gasteiger partial charge in [-0.2, -0.15) is 11.3 Å². The Labute approximate surface area is 162 Å². The van der Waals surface area contributed by atoms with Gasteiger partial charge in [-0.1, -0.05) is 23.2 Å². The molecular weight excluding hydrogens is 375 g/mol. The SMILES string of the molecule is O=C(c1ccsc1)N1CCCN([C@@H]2CCc3c(Cl)cc(Cl)cc32)CC1. The van der Waals surface area contributed by atoms with Crippen molar-refractivity contribution in [3.8, 4) is 0 Å². The quantitative estimate of drug-likeness (QED) is 0.723. The van der Waals surface area contributed by atoms with Crippen LogP contribution in [0, 0.1) is 0 Å². The number of nitrogens with zero attached hydrogens (tertiary/aromatic N) is 2. The zero-order valence-corrected chi connectivity index (χ0v) is 16.2. The second-order valence-corrected chi connectivity index (χ2v) is 8.33. The smallest absolute Gasteiger partial charge is 0.254 e. The number of halogens is 2. The van der Waals surface area contributed by atoms with Gasteiger partial charge in [0, 0.05) is 47.6 Å². The largest absolute Gasteiger partial charge is 0.337 e. The molecule has 1 amide bonds. The summed E-state index contributed by atoms with van der Waals surface area (Å²) in [6, 6.07) is 6.18. The molecule has 0 N–H and O–H groups in total. The summed E-state index contributed by atoms with van der Waals surface area (Å²) in [4.78, 5) is 17.1. The van der Waals surface area contributed by atoms with E-state index in [0.29, 0.717) is 11.1 Å². The van der Waals surface area contributed by atoms with Crippen molar-refractivity contribution in [1.82, 2.24) is 9.80 Å². The van der Waals surface area contributed by atoms with E-state index in [4.69, 9.17) is 23.2 Å². The average molecular weight is 395 g/mol. The highest BCUT2D eigenvalue weighted by Gasteiger charge is 2.31. The lowest BCUT2D eigenvalue weighted by Crippen LogP contribution is -2.35. The van der Waals surface area contributed by atoms with Crippen molar-refractivity contribution in [1.29, 1.82) is 0 Å². The third-order valence-corrected chi connectivity index (χ3v) is 6.49.